The molecule has 1 aromatic rings. The molecule has 110 valence electrons. The molecule has 0 radical (unpaired) electrons. The van der Waals surface area contributed by atoms with Crippen LogP contribution in [0, 0.1) is 3.57 Å². The maximum atomic E-state index is 12.6. The van der Waals surface area contributed by atoms with Gasteiger partial charge < -0.3 is 4.90 Å². The van der Waals surface area contributed by atoms with Gasteiger partial charge in [0.1, 0.15) is 10.7 Å². The van der Waals surface area contributed by atoms with E-state index in [4.69, 9.17) is 11.6 Å². The van der Waals surface area contributed by atoms with Crippen molar-refractivity contribution in [3.63, 3.8) is 0 Å². The highest BCUT2D eigenvalue weighted by molar-refractivity contribution is 14.1. The number of nitrogens with zero attached hydrogens (tertiary/aromatic N) is 2. The van der Waals surface area contributed by atoms with E-state index in [1.165, 1.54) is 4.90 Å². The smallest absolute Gasteiger partial charge is 0.283 e. The van der Waals surface area contributed by atoms with Crippen molar-refractivity contribution in [3.8, 4) is 0 Å². The van der Waals surface area contributed by atoms with Crippen LogP contribution in [0.5, 0.6) is 0 Å². The van der Waals surface area contributed by atoms with Crippen molar-refractivity contribution in [2.45, 2.75) is 19.3 Å². The minimum atomic E-state index is -0.427. The van der Waals surface area contributed by atoms with E-state index in [1.54, 1.807) is 12.1 Å². The molecule has 0 N–H and O–H groups in total. The van der Waals surface area contributed by atoms with Crippen LogP contribution in [0.2, 0.25) is 0 Å². The molecular formula is C15H14ClIN2O2. The van der Waals surface area contributed by atoms with Gasteiger partial charge >= 0.3 is 0 Å². The van der Waals surface area contributed by atoms with Gasteiger partial charge in [0.2, 0.25) is 0 Å². The number of carbonyl (C=O) groups excluding carboxylic acids is 2. The van der Waals surface area contributed by atoms with Gasteiger partial charge in [-0.05, 0) is 66.1 Å². The number of halogens is 2. The maximum absolute atomic E-state index is 12.6. The minimum absolute atomic E-state index is 0.0421. The predicted molar refractivity (Wildman–Crippen MR) is 90.0 cm³/mol. The molecule has 1 aromatic carbocycles. The Bertz CT molecular complexity index is 621. The van der Waals surface area contributed by atoms with Crippen LogP contribution in [-0.2, 0) is 9.59 Å². The number of piperidine rings is 1. The van der Waals surface area contributed by atoms with Crippen LogP contribution in [0.1, 0.15) is 19.3 Å². The van der Waals surface area contributed by atoms with E-state index in [-0.39, 0.29) is 10.9 Å². The predicted octanol–water partition coefficient (Wildman–Crippen LogP) is 3.10. The van der Waals surface area contributed by atoms with Crippen molar-refractivity contribution in [1.29, 1.82) is 0 Å². The van der Waals surface area contributed by atoms with Crippen LogP contribution in [-0.4, -0.2) is 29.8 Å². The van der Waals surface area contributed by atoms with E-state index < -0.39 is 5.91 Å². The molecule has 2 amide bonds. The van der Waals surface area contributed by atoms with Crippen LogP contribution in [0.4, 0.5) is 5.69 Å². The first-order valence-electron chi connectivity index (χ1n) is 6.88. The topological polar surface area (TPSA) is 40.6 Å². The molecular weight excluding hydrogens is 403 g/mol. The lowest BCUT2D eigenvalue weighted by Crippen LogP contribution is -2.37. The van der Waals surface area contributed by atoms with Gasteiger partial charge in [-0.2, -0.15) is 0 Å². The zero-order valence-electron chi connectivity index (χ0n) is 11.3. The molecule has 2 heterocycles. The van der Waals surface area contributed by atoms with E-state index in [2.05, 4.69) is 22.6 Å². The summed E-state index contributed by atoms with van der Waals surface area (Å²) in [6.45, 7) is 1.57. The van der Waals surface area contributed by atoms with Crippen LogP contribution >= 0.6 is 34.2 Å². The molecule has 6 heteroatoms. The molecule has 0 aliphatic carbocycles. The van der Waals surface area contributed by atoms with Gasteiger partial charge in [0.15, 0.2) is 0 Å². The van der Waals surface area contributed by atoms with E-state index in [0.717, 1.165) is 35.9 Å². The van der Waals surface area contributed by atoms with Crippen molar-refractivity contribution in [3.05, 3.63) is 38.6 Å². The lowest BCUT2D eigenvalue weighted by Gasteiger charge is -2.29. The summed E-state index contributed by atoms with van der Waals surface area (Å²) in [5.74, 6) is -0.739. The van der Waals surface area contributed by atoms with Crippen molar-refractivity contribution in [1.82, 2.24) is 4.90 Å². The number of anilines is 1. The third-order valence-electron chi connectivity index (χ3n) is 3.76. The number of benzene rings is 1. The second-order valence-electron chi connectivity index (χ2n) is 5.13. The summed E-state index contributed by atoms with van der Waals surface area (Å²) in [5.41, 5.74) is 0.926. The minimum Gasteiger partial charge on any atom is -0.366 e. The van der Waals surface area contributed by atoms with Crippen LogP contribution in [0.25, 0.3) is 0 Å². The molecule has 0 unspecified atom stereocenters. The number of carbonyl (C=O) groups is 2. The number of likely N-dealkylation sites (tertiary alicyclic amines) is 1. The van der Waals surface area contributed by atoms with Gasteiger partial charge in [0.25, 0.3) is 11.8 Å². The van der Waals surface area contributed by atoms with Crippen LogP contribution in [0.3, 0.4) is 0 Å². The Balaban J connectivity index is 1.92. The van der Waals surface area contributed by atoms with Crippen molar-refractivity contribution in [2.75, 3.05) is 18.0 Å². The first-order valence-corrected chi connectivity index (χ1v) is 8.34. The Labute approximate surface area is 141 Å². The first-order chi connectivity index (χ1) is 10.1. The van der Waals surface area contributed by atoms with Gasteiger partial charge in [-0.1, -0.05) is 11.6 Å². The number of amides is 2. The Kier molecular flexibility index (Phi) is 4.21. The lowest BCUT2D eigenvalue weighted by molar-refractivity contribution is -0.121. The SMILES string of the molecule is O=C1C(Cl)=C(N2CCCCC2)C(=O)N1c1ccc(I)cc1. The zero-order chi connectivity index (χ0) is 15.0. The molecule has 21 heavy (non-hydrogen) atoms. The molecule has 1 fully saturated rings. The van der Waals surface area contributed by atoms with Crippen molar-refractivity contribution < 1.29 is 9.59 Å². The monoisotopic (exact) mass is 416 g/mol. The highest BCUT2D eigenvalue weighted by atomic mass is 127. The molecule has 2 aliphatic rings. The summed E-state index contributed by atoms with van der Waals surface area (Å²) >= 11 is 8.34. The highest BCUT2D eigenvalue weighted by Crippen LogP contribution is 2.32. The van der Waals surface area contributed by atoms with Crippen molar-refractivity contribution >= 4 is 51.7 Å². The molecule has 3 rings (SSSR count). The van der Waals surface area contributed by atoms with E-state index in [9.17, 15) is 9.59 Å². The quantitative estimate of drug-likeness (QED) is 0.549. The summed E-state index contributed by atoms with van der Waals surface area (Å²) < 4.78 is 1.05. The Morgan fingerprint density at radius 2 is 1.57 bits per heavy atom. The third kappa shape index (κ3) is 2.68. The van der Waals surface area contributed by atoms with E-state index in [1.807, 2.05) is 17.0 Å². The van der Waals surface area contributed by atoms with Gasteiger partial charge in [0.05, 0.1) is 5.69 Å². The summed E-state index contributed by atoms with van der Waals surface area (Å²) in [6.07, 6.45) is 3.21. The van der Waals surface area contributed by atoms with Gasteiger partial charge in [-0.15, -0.1) is 0 Å². The summed E-state index contributed by atoms with van der Waals surface area (Å²) in [5, 5.41) is 0.0421. The average molecular weight is 417 g/mol. The average Bonchev–Trinajstić information content (AvgIpc) is 2.72. The fourth-order valence-electron chi connectivity index (χ4n) is 2.71. The molecule has 4 nitrogen and oxygen atoms in total. The fraction of sp³-hybridized carbons (Fsp3) is 0.333. The second kappa shape index (κ2) is 5.96. The number of imide groups is 1. The normalized spacial score (nSPS) is 19.7. The Morgan fingerprint density at radius 1 is 0.952 bits per heavy atom. The largest absolute Gasteiger partial charge is 0.366 e. The second-order valence-corrected chi connectivity index (χ2v) is 6.76. The molecule has 0 spiro atoms. The Morgan fingerprint density at radius 3 is 2.19 bits per heavy atom. The molecule has 2 aliphatic heterocycles. The number of hydrogen-bond acceptors (Lipinski definition) is 3. The molecule has 0 aromatic heterocycles. The van der Waals surface area contributed by atoms with Crippen molar-refractivity contribution in [2.24, 2.45) is 0 Å². The zero-order valence-corrected chi connectivity index (χ0v) is 14.2. The van der Waals surface area contributed by atoms with Gasteiger partial charge in [-0.25, -0.2) is 4.90 Å². The molecule has 0 bridgehead atoms. The first kappa shape index (κ1) is 14.8. The van der Waals surface area contributed by atoms with Gasteiger partial charge in [0, 0.05) is 16.7 Å². The standard InChI is InChI=1S/C15H14ClIN2O2/c16-12-13(18-8-2-1-3-9-18)15(21)19(14(12)20)11-6-4-10(17)5-7-11/h4-7H,1-3,8-9H2. The maximum Gasteiger partial charge on any atom is 0.283 e. The van der Waals surface area contributed by atoms with E-state index >= 15 is 0 Å². The number of hydrogen-bond donors (Lipinski definition) is 0. The summed E-state index contributed by atoms with van der Waals surface area (Å²) in [7, 11) is 0. The van der Waals surface area contributed by atoms with Crippen LogP contribution < -0.4 is 4.90 Å². The van der Waals surface area contributed by atoms with Gasteiger partial charge in [-0.3, -0.25) is 9.59 Å². The molecule has 1 saturated heterocycles. The highest BCUT2D eigenvalue weighted by Gasteiger charge is 2.41. The van der Waals surface area contributed by atoms with Crippen LogP contribution in [0.15, 0.2) is 35.0 Å². The lowest BCUT2D eigenvalue weighted by atomic mass is 10.1. The fourth-order valence-corrected chi connectivity index (χ4v) is 3.35. The Hall–Kier alpha value is -1.08. The summed E-state index contributed by atoms with van der Waals surface area (Å²) in [4.78, 5) is 28.1. The molecule has 0 atom stereocenters. The number of rotatable bonds is 2. The summed E-state index contributed by atoms with van der Waals surface area (Å²) in [6, 6.07) is 7.26. The van der Waals surface area contributed by atoms with E-state index in [0.29, 0.717) is 11.4 Å². The third-order valence-corrected chi connectivity index (χ3v) is 4.82. The molecule has 0 saturated carbocycles.